The Kier molecular flexibility index (Phi) is 5.86. The highest BCUT2D eigenvalue weighted by molar-refractivity contribution is 7.99. The molecule has 150 valence electrons. The van der Waals surface area contributed by atoms with Crippen LogP contribution in [0.15, 0.2) is 34.8 Å². The molecule has 2 N–H and O–H groups in total. The van der Waals surface area contributed by atoms with Gasteiger partial charge in [-0.05, 0) is 65.9 Å². The van der Waals surface area contributed by atoms with Gasteiger partial charge >= 0.3 is 0 Å². The molecule has 0 spiro atoms. The molecule has 2 aromatic heterocycles. The van der Waals surface area contributed by atoms with E-state index < -0.39 is 0 Å². The van der Waals surface area contributed by atoms with Crippen LogP contribution in [0.25, 0.3) is 5.69 Å². The van der Waals surface area contributed by atoms with Crippen LogP contribution in [0.1, 0.15) is 33.6 Å². The Morgan fingerprint density at radius 2 is 1.97 bits per heavy atom. The zero-order chi connectivity index (χ0) is 20.2. The molecule has 0 aliphatic heterocycles. The molecule has 0 atom stereocenters. The highest BCUT2D eigenvalue weighted by Gasteiger charge is 2.20. The van der Waals surface area contributed by atoms with E-state index in [-0.39, 0.29) is 23.4 Å². The number of tetrazole rings is 1. The highest BCUT2D eigenvalue weighted by atomic mass is 32.2. The van der Waals surface area contributed by atoms with Crippen molar-refractivity contribution in [3.05, 3.63) is 51.5 Å². The van der Waals surface area contributed by atoms with E-state index in [0.717, 1.165) is 43.0 Å². The average molecular weight is 433 g/mol. The zero-order valence-electron chi connectivity index (χ0n) is 15.2. The van der Waals surface area contributed by atoms with E-state index in [4.69, 9.17) is 0 Å². The Morgan fingerprint density at radius 3 is 2.79 bits per heavy atom. The summed E-state index contributed by atoms with van der Waals surface area (Å²) in [6, 6.07) is 5.68. The number of aromatic nitrogens is 4. The van der Waals surface area contributed by atoms with Gasteiger partial charge in [0.25, 0.3) is 5.91 Å². The Balaban J connectivity index is 1.31. The van der Waals surface area contributed by atoms with Crippen LogP contribution >= 0.6 is 23.1 Å². The molecular weight excluding hydrogens is 415 g/mol. The van der Waals surface area contributed by atoms with Crippen molar-refractivity contribution < 1.29 is 14.0 Å². The van der Waals surface area contributed by atoms with Crippen molar-refractivity contribution >= 4 is 34.9 Å². The summed E-state index contributed by atoms with van der Waals surface area (Å²) >= 11 is 2.70. The van der Waals surface area contributed by atoms with E-state index in [1.807, 2.05) is 5.38 Å². The third-order valence-corrected chi connectivity index (χ3v) is 6.47. The van der Waals surface area contributed by atoms with Gasteiger partial charge in [-0.1, -0.05) is 11.8 Å². The van der Waals surface area contributed by atoms with Gasteiger partial charge in [-0.15, -0.1) is 16.4 Å². The number of nitrogens with zero attached hydrogens (tertiary/aromatic N) is 4. The Labute approximate surface area is 173 Å². The van der Waals surface area contributed by atoms with Crippen LogP contribution in [-0.2, 0) is 17.6 Å². The van der Waals surface area contributed by atoms with E-state index in [9.17, 15) is 14.0 Å². The normalized spacial score (nSPS) is 13.0. The number of thiophene rings is 1. The molecule has 11 heteroatoms. The van der Waals surface area contributed by atoms with Crippen molar-refractivity contribution in [1.29, 1.82) is 0 Å². The van der Waals surface area contributed by atoms with Gasteiger partial charge in [0.05, 0.1) is 17.0 Å². The van der Waals surface area contributed by atoms with Crippen molar-refractivity contribution in [3.63, 3.8) is 0 Å². The van der Waals surface area contributed by atoms with Crippen molar-refractivity contribution in [2.24, 2.45) is 0 Å². The van der Waals surface area contributed by atoms with Crippen LogP contribution in [0.2, 0.25) is 0 Å². The minimum Gasteiger partial charge on any atom is -0.272 e. The van der Waals surface area contributed by atoms with E-state index in [2.05, 4.69) is 26.4 Å². The zero-order valence-corrected chi connectivity index (χ0v) is 16.9. The number of hydrogen-bond acceptors (Lipinski definition) is 7. The van der Waals surface area contributed by atoms with Gasteiger partial charge in [0, 0.05) is 10.3 Å². The summed E-state index contributed by atoms with van der Waals surface area (Å²) in [6.45, 7) is 0. The molecule has 0 saturated heterocycles. The van der Waals surface area contributed by atoms with Crippen molar-refractivity contribution in [1.82, 2.24) is 31.1 Å². The van der Waals surface area contributed by atoms with Crippen molar-refractivity contribution in [2.45, 2.75) is 30.8 Å². The number of hydrazine groups is 1. The summed E-state index contributed by atoms with van der Waals surface area (Å²) in [5.74, 6) is -1.05. The first-order valence-corrected chi connectivity index (χ1v) is 10.8. The number of carbonyl (C=O) groups is 2. The molecule has 1 aromatic carbocycles. The second-order valence-corrected chi connectivity index (χ2v) is 8.31. The number of aryl methyl sites for hydroxylation is 1. The Bertz CT molecular complexity index is 1030. The fourth-order valence-corrected chi connectivity index (χ4v) is 4.87. The van der Waals surface area contributed by atoms with Gasteiger partial charge in [-0.3, -0.25) is 20.4 Å². The molecule has 0 unspecified atom stereocenters. The number of amides is 2. The first-order chi connectivity index (χ1) is 14.1. The number of halogens is 1. The molecule has 2 amide bonds. The first-order valence-electron chi connectivity index (χ1n) is 8.97. The fraction of sp³-hybridized carbons (Fsp3) is 0.278. The minimum absolute atomic E-state index is 0.00356. The maximum Gasteiger partial charge on any atom is 0.270 e. The Morgan fingerprint density at radius 1 is 1.17 bits per heavy atom. The third-order valence-electron chi connectivity index (χ3n) is 4.47. The third kappa shape index (κ3) is 4.46. The average Bonchev–Trinajstić information content (AvgIpc) is 3.38. The van der Waals surface area contributed by atoms with Crippen LogP contribution in [-0.4, -0.2) is 37.8 Å². The maximum absolute atomic E-state index is 13.1. The van der Waals surface area contributed by atoms with Gasteiger partial charge in [-0.2, -0.15) is 4.68 Å². The molecule has 2 heterocycles. The fourth-order valence-electron chi connectivity index (χ4n) is 3.06. The lowest BCUT2D eigenvalue weighted by molar-refractivity contribution is -0.119. The van der Waals surface area contributed by atoms with E-state index in [0.29, 0.717) is 16.4 Å². The largest absolute Gasteiger partial charge is 0.272 e. The molecular formula is C18H17FN6O2S2. The van der Waals surface area contributed by atoms with E-state index >= 15 is 0 Å². The standard InChI is InChI=1S/C18H17FN6O2S2/c19-11-5-7-12(8-6-11)25-18(22-23-24-25)29-10-16(26)20-21-17(27)14-9-28-15-4-2-1-3-13(14)15/h5-9H,1-4,10H2,(H,20,26)(H,21,27). The molecule has 29 heavy (non-hydrogen) atoms. The molecule has 0 fully saturated rings. The molecule has 0 bridgehead atoms. The van der Waals surface area contributed by atoms with E-state index in [1.54, 1.807) is 11.3 Å². The van der Waals surface area contributed by atoms with Crippen LogP contribution in [0, 0.1) is 5.82 Å². The highest BCUT2D eigenvalue weighted by Crippen LogP contribution is 2.30. The summed E-state index contributed by atoms with van der Waals surface area (Å²) in [4.78, 5) is 25.8. The summed E-state index contributed by atoms with van der Waals surface area (Å²) < 4.78 is 14.5. The number of fused-ring (bicyclic) bond motifs is 1. The molecule has 1 aliphatic carbocycles. The SMILES string of the molecule is O=C(CSc1nnnn1-c1ccc(F)cc1)NNC(=O)c1csc2c1CCCC2. The predicted octanol–water partition coefficient (Wildman–Crippen LogP) is 2.29. The lowest BCUT2D eigenvalue weighted by Gasteiger charge is -2.13. The van der Waals surface area contributed by atoms with Gasteiger partial charge in [-0.25, -0.2) is 4.39 Å². The number of carbonyl (C=O) groups excluding carboxylic acids is 2. The van der Waals surface area contributed by atoms with Crippen LogP contribution in [0.3, 0.4) is 0 Å². The van der Waals surface area contributed by atoms with Crippen molar-refractivity contribution in [2.75, 3.05) is 5.75 Å². The van der Waals surface area contributed by atoms with Crippen LogP contribution in [0.4, 0.5) is 4.39 Å². The second kappa shape index (κ2) is 8.70. The number of thioether (sulfide) groups is 1. The number of nitrogens with one attached hydrogen (secondary N) is 2. The lowest BCUT2D eigenvalue weighted by Crippen LogP contribution is -2.42. The minimum atomic E-state index is -0.388. The van der Waals surface area contributed by atoms with Crippen molar-refractivity contribution in [3.8, 4) is 5.69 Å². The van der Waals surface area contributed by atoms with Crippen LogP contribution < -0.4 is 10.9 Å². The van der Waals surface area contributed by atoms with Crippen LogP contribution in [0.5, 0.6) is 0 Å². The predicted molar refractivity (Wildman–Crippen MR) is 106 cm³/mol. The molecule has 1 aliphatic rings. The summed E-state index contributed by atoms with van der Waals surface area (Å²) in [5, 5.41) is 13.6. The Hall–Kier alpha value is -2.79. The summed E-state index contributed by atoms with van der Waals surface area (Å²) in [6.07, 6.45) is 4.15. The summed E-state index contributed by atoms with van der Waals surface area (Å²) in [5.41, 5.74) is 7.21. The first kappa shape index (κ1) is 19.5. The van der Waals surface area contributed by atoms with Gasteiger partial charge < -0.3 is 0 Å². The lowest BCUT2D eigenvalue weighted by atomic mass is 9.96. The number of rotatable bonds is 5. The van der Waals surface area contributed by atoms with Gasteiger partial charge in [0.15, 0.2) is 0 Å². The maximum atomic E-state index is 13.1. The topological polar surface area (TPSA) is 102 Å². The number of hydrogen-bond donors (Lipinski definition) is 2. The molecule has 8 nitrogen and oxygen atoms in total. The molecule has 4 rings (SSSR count). The molecule has 3 aromatic rings. The molecule has 0 radical (unpaired) electrons. The summed E-state index contributed by atoms with van der Waals surface area (Å²) in [7, 11) is 0. The second-order valence-electron chi connectivity index (χ2n) is 6.40. The number of benzene rings is 1. The quantitative estimate of drug-likeness (QED) is 0.474. The molecule has 0 saturated carbocycles. The van der Waals surface area contributed by atoms with Gasteiger partial charge in [0.2, 0.25) is 11.1 Å². The monoisotopic (exact) mass is 432 g/mol. The smallest absolute Gasteiger partial charge is 0.270 e. The van der Waals surface area contributed by atoms with E-state index in [1.165, 1.54) is 33.8 Å². The van der Waals surface area contributed by atoms with Gasteiger partial charge in [0.1, 0.15) is 5.82 Å².